The molecule has 0 radical (unpaired) electrons. The summed E-state index contributed by atoms with van der Waals surface area (Å²) in [5.41, 5.74) is 3.30. The summed E-state index contributed by atoms with van der Waals surface area (Å²) in [6, 6.07) is 6.31. The number of carbonyl (C=O) groups is 2. The van der Waals surface area contributed by atoms with Gasteiger partial charge in [0.2, 0.25) is 11.8 Å². The van der Waals surface area contributed by atoms with Gasteiger partial charge < -0.3 is 15.0 Å². The van der Waals surface area contributed by atoms with Crippen molar-refractivity contribution < 1.29 is 14.3 Å². The number of fused-ring (bicyclic) bond motifs is 1. The van der Waals surface area contributed by atoms with E-state index >= 15 is 0 Å². The van der Waals surface area contributed by atoms with E-state index in [0.717, 1.165) is 12.2 Å². The van der Waals surface area contributed by atoms with Crippen LogP contribution in [0.4, 0.5) is 5.69 Å². The number of nitrogens with one attached hydrogen (secondary N) is 1. The van der Waals surface area contributed by atoms with Crippen LogP contribution < -0.4 is 5.32 Å². The summed E-state index contributed by atoms with van der Waals surface area (Å²) in [5, 5.41) is 3.18. The van der Waals surface area contributed by atoms with Gasteiger partial charge in [0.1, 0.15) is 6.61 Å². The molecule has 0 aromatic heterocycles. The zero-order valence-corrected chi connectivity index (χ0v) is 16.8. The standard InChI is InChI=1S/C21H31N3O3/c1-14(2)17-6-5-7-18(15(3)4)21(17)22-19(25)11-23-8-9-24-16(10-23)12-27-13-20(24)26/h5-7,14-16H,8-13H2,1-4H3,(H,22,25). The maximum atomic E-state index is 12.8. The molecule has 2 fully saturated rings. The number of amides is 2. The Kier molecular flexibility index (Phi) is 6.17. The second kappa shape index (κ2) is 8.40. The van der Waals surface area contributed by atoms with Crippen LogP contribution in [-0.4, -0.2) is 67.0 Å². The molecule has 0 bridgehead atoms. The molecular formula is C21H31N3O3. The highest BCUT2D eigenvalue weighted by atomic mass is 16.5. The summed E-state index contributed by atoms with van der Waals surface area (Å²) in [4.78, 5) is 28.7. The first kappa shape index (κ1) is 19.8. The third-order valence-corrected chi connectivity index (χ3v) is 5.43. The fourth-order valence-corrected chi connectivity index (χ4v) is 3.98. The van der Waals surface area contributed by atoms with Crippen molar-refractivity contribution in [1.29, 1.82) is 0 Å². The lowest BCUT2D eigenvalue weighted by Crippen LogP contribution is -2.60. The van der Waals surface area contributed by atoms with Gasteiger partial charge in [-0.25, -0.2) is 0 Å². The highest BCUT2D eigenvalue weighted by molar-refractivity contribution is 5.94. The Hall–Kier alpha value is -1.92. The van der Waals surface area contributed by atoms with E-state index in [1.807, 2.05) is 4.90 Å². The molecule has 27 heavy (non-hydrogen) atoms. The SMILES string of the molecule is CC(C)c1cccc(C(C)C)c1NC(=O)CN1CCN2C(=O)COCC2C1. The number of benzene rings is 1. The van der Waals surface area contributed by atoms with Crippen molar-refractivity contribution in [3.63, 3.8) is 0 Å². The van der Waals surface area contributed by atoms with Gasteiger partial charge in [-0.1, -0.05) is 45.9 Å². The van der Waals surface area contributed by atoms with Crippen molar-refractivity contribution in [2.45, 2.75) is 45.6 Å². The van der Waals surface area contributed by atoms with Crippen molar-refractivity contribution in [1.82, 2.24) is 9.80 Å². The van der Waals surface area contributed by atoms with Crippen molar-refractivity contribution in [3.05, 3.63) is 29.3 Å². The molecule has 1 N–H and O–H groups in total. The molecule has 148 valence electrons. The number of ether oxygens (including phenoxy) is 1. The normalized spacial score (nSPS) is 20.9. The van der Waals surface area contributed by atoms with Crippen molar-refractivity contribution >= 4 is 17.5 Å². The molecular weight excluding hydrogens is 342 g/mol. The lowest BCUT2D eigenvalue weighted by molar-refractivity contribution is -0.152. The summed E-state index contributed by atoms with van der Waals surface area (Å²) in [6.45, 7) is 11.7. The van der Waals surface area contributed by atoms with Crippen LogP contribution in [-0.2, 0) is 14.3 Å². The maximum absolute atomic E-state index is 12.8. The average Bonchev–Trinajstić information content (AvgIpc) is 2.61. The van der Waals surface area contributed by atoms with Crippen LogP contribution >= 0.6 is 0 Å². The van der Waals surface area contributed by atoms with Gasteiger partial charge in [0.15, 0.2) is 0 Å². The highest BCUT2D eigenvalue weighted by Crippen LogP contribution is 2.32. The van der Waals surface area contributed by atoms with Crippen LogP contribution in [0.5, 0.6) is 0 Å². The summed E-state index contributed by atoms with van der Waals surface area (Å²) < 4.78 is 5.37. The van der Waals surface area contributed by atoms with Gasteiger partial charge >= 0.3 is 0 Å². The molecule has 6 heteroatoms. The summed E-state index contributed by atoms with van der Waals surface area (Å²) >= 11 is 0. The second-order valence-corrected chi connectivity index (χ2v) is 8.16. The first-order valence-corrected chi connectivity index (χ1v) is 9.89. The van der Waals surface area contributed by atoms with Crippen molar-refractivity contribution in [3.8, 4) is 0 Å². The third-order valence-electron chi connectivity index (χ3n) is 5.43. The number of piperazine rings is 1. The molecule has 2 aliphatic heterocycles. The minimum absolute atomic E-state index is 0.00139. The monoisotopic (exact) mass is 373 g/mol. The van der Waals surface area contributed by atoms with Crippen LogP contribution in [0.15, 0.2) is 18.2 Å². The molecule has 2 aliphatic rings. The van der Waals surface area contributed by atoms with E-state index in [-0.39, 0.29) is 24.5 Å². The zero-order valence-electron chi connectivity index (χ0n) is 16.8. The van der Waals surface area contributed by atoms with E-state index in [9.17, 15) is 9.59 Å². The molecule has 0 aliphatic carbocycles. The second-order valence-electron chi connectivity index (χ2n) is 8.16. The van der Waals surface area contributed by atoms with Gasteiger partial charge in [-0.2, -0.15) is 0 Å². The fraction of sp³-hybridized carbons (Fsp3) is 0.619. The number of hydrogen-bond donors (Lipinski definition) is 1. The van der Waals surface area contributed by atoms with Crippen molar-refractivity contribution in [2.24, 2.45) is 0 Å². The summed E-state index contributed by atoms with van der Waals surface area (Å²) in [6.07, 6.45) is 0. The van der Waals surface area contributed by atoms with Gasteiger partial charge in [0.05, 0.1) is 19.2 Å². The Bertz CT molecular complexity index is 676. The Morgan fingerprint density at radius 3 is 2.48 bits per heavy atom. The first-order chi connectivity index (χ1) is 12.9. The van der Waals surface area contributed by atoms with Crippen LogP contribution in [0.2, 0.25) is 0 Å². The van der Waals surface area contributed by atoms with Crippen LogP contribution in [0.3, 0.4) is 0 Å². The van der Waals surface area contributed by atoms with E-state index in [4.69, 9.17) is 4.74 Å². The molecule has 1 aromatic carbocycles. The van der Waals surface area contributed by atoms with Gasteiger partial charge in [-0.05, 0) is 23.0 Å². The Labute approximate surface area is 161 Å². The highest BCUT2D eigenvalue weighted by Gasteiger charge is 2.34. The minimum Gasteiger partial charge on any atom is -0.369 e. The molecule has 2 saturated heterocycles. The van der Waals surface area contributed by atoms with Crippen LogP contribution in [0.1, 0.15) is 50.7 Å². The maximum Gasteiger partial charge on any atom is 0.248 e. The Balaban J connectivity index is 1.67. The number of rotatable bonds is 5. The molecule has 1 unspecified atom stereocenters. The quantitative estimate of drug-likeness (QED) is 0.861. The van der Waals surface area contributed by atoms with Gasteiger partial charge in [-0.3, -0.25) is 14.5 Å². The van der Waals surface area contributed by atoms with E-state index < -0.39 is 0 Å². The van der Waals surface area contributed by atoms with Gasteiger partial charge in [0, 0.05) is 25.3 Å². The van der Waals surface area contributed by atoms with Crippen LogP contribution in [0, 0.1) is 0 Å². The lowest BCUT2D eigenvalue weighted by Gasteiger charge is -2.43. The number of morpholine rings is 1. The zero-order chi connectivity index (χ0) is 19.6. The van der Waals surface area contributed by atoms with E-state index in [1.54, 1.807) is 0 Å². The Morgan fingerprint density at radius 1 is 1.19 bits per heavy atom. The number of anilines is 1. The lowest BCUT2D eigenvalue weighted by atomic mass is 9.92. The topological polar surface area (TPSA) is 61.9 Å². The predicted molar refractivity (Wildman–Crippen MR) is 106 cm³/mol. The molecule has 2 heterocycles. The van der Waals surface area contributed by atoms with E-state index in [2.05, 4.69) is 56.1 Å². The molecule has 2 amide bonds. The van der Waals surface area contributed by atoms with E-state index in [1.165, 1.54) is 11.1 Å². The van der Waals surface area contributed by atoms with Crippen LogP contribution in [0.25, 0.3) is 0 Å². The number of nitrogens with zero attached hydrogens (tertiary/aromatic N) is 2. The minimum atomic E-state index is 0.00139. The third kappa shape index (κ3) is 4.50. The average molecular weight is 373 g/mol. The molecule has 1 aromatic rings. The number of hydrogen-bond acceptors (Lipinski definition) is 4. The summed E-state index contributed by atoms with van der Waals surface area (Å²) in [5.74, 6) is 0.741. The smallest absolute Gasteiger partial charge is 0.248 e. The molecule has 3 rings (SSSR count). The Morgan fingerprint density at radius 2 is 1.85 bits per heavy atom. The van der Waals surface area contributed by atoms with Gasteiger partial charge in [0.25, 0.3) is 0 Å². The molecule has 6 nitrogen and oxygen atoms in total. The van der Waals surface area contributed by atoms with Crippen molar-refractivity contribution in [2.75, 3.05) is 44.7 Å². The van der Waals surface area contributed by atoms with E-state index in [0.29, 0.717) is 38.1 Å². The molecule has 1 atom stereocenters. The fourth-order valence-electron chi connectivity index (χ4n) is 3.98. The number of carbonyl (C=O) groups excluding carboxylic acids is 2. The molecule has 0 spiro atoms. The molecule has 0 saturated carbocycles. The largest absolute Gasteiger partial charge is 0.369 e. The number of para-hydroxylation sites is 1. The van der Waals surface area contributed by atoms with Gasteiger partial charge in [-0.15, -0.1) is 0 Å². The first-order valence-electron chi connectivity index (χ1n) is 9.89. The predicted octanol–water partition coefficient (Wildman–Crippen LogP) is 2.41. The summed E-state index contributed by atoms with van der Waals surface area (Å²) in [7, 11) is 0.